The summed E-state index contributed by atoms with van der Waals surface area (Å²) in [5.74, 6) is 0.838. The van der Waals surface area contributed by atoms with E-state index in [1.807, 2.05) is 13.0 Å². The Bertz CT molecular complexity index is 302. The Morgan fingerprint density at radius 2 is 1.93 bits per heavy atom. The molecule has 0 nitrogen and oxygen atoms in total. The van der Waals surface area contributed by atoms with Crippen LogP contribution >= 0.6 is 0 Å². The van der Waals surface area contributed by atoms with Crippen LogP contribution in [0.3, 0.4) is 0 Å². The third kappa shape index (κ3) is 2.34. The molecule has 14 heavy (non-hydrogen) atoms. The van der Waals surface area contributed by atoms with Crippen LogP contribution in [-0.4, -0.2) is 0 Å². The van der Waals surface area contributed by atoms with Crippen molar-refractivity contribution in [1.29, 1.82) is 0 Å². The number of hydrogen-bond acceptors (Lipinski definition) is 0. The van der Waals surface area contributed by atoms with Gasteiger partial charge < -0.3 is 0 Å². The van der Waals surface area contributed by atoms with Gasteiger partial charge in [-0.3, -0.25) is 0 Å². The van der Waals surface area contributed by atoms with Gasteiger partial charge in [-0.1, -0.05) is 26.8 Å². The summed E-state index contributed by atoms with van der Waals surface area (Å²) < 4.78 is 12.9. The molecule has 1 aromatic rings. The van der Waals surface area contributed by atoms with Crippen LogP contribution in [0.15, 0.2) is 18.2 Å². The van der Waals surface area contributed by atoms with Crippen LogP contribution in [0.4, 0.5) is 4.39 Å². The molecule has 1 radical (unpaired) electrons. The number of aryl methyl sites for hydroxylation is 1. The zero-order chi connectivity index (χ0) is 10.7. The lowest BCUT2D eigenvalue weighted by molar-refractivity contribution is 0.546. The fraction of sp³-hybridized carbons (Fsp3) is 0.462. The molecule has 0 aromatic heterocycles. The highest BCUT2D eigenvalue weighted by molar-refractivity contribution is 5.31. The zero-order valence-electron chi connectivity index (χ0n) is 9.34. The molecule has 0 aliphatic heterocycles. The fourth-order valence-electron chi connectivity index (χ4n) is 1.94. The molecule has 1 atom stereocenters. The first-order chi connectivity index (χ1) is 6.56. The number of benzene rings is 1. The molecule has 1 rings (SSSR count). The Balaban J connectivity index is 3.04. The smallest absolute Gasteiger partial charge is 0.123 e. The third-order valence-corrected chi connectivity index (χ3v) is 2.67. The van der Waals surface area contributed by atoms with Crippen molar-refractivity contribution in [2.45, 2.75) is 33.6 Å². The van der Waals surface area contributed by atoms with Gasteiger partial charge in [0.2, 0.25) is 0 Å². The minimum absolute atomic E-state index is 0.148. The summed E-state index contributed by atoms with van der Waals surface area (Å²) in [5.41, 5.74) is 2.28. The third-order valence-electron chi connectivity index (χ3n) is 2.67. The quantitative estimate of drug-likeness (QED) is 0.678. The SMILES string of the molecule is C[CH][C@H](c1ccc(F)cc1C)C(C)C. The van der Waals surface area contributed by atoms with E-state index in [1.165, 1.54) is 5.56 Å². The van der Waals surface area contributed by atoms with Gasteiger partial charge >= 0.3 is 0 Å². The van der Waals surface area contributed by atoms with Gasteiger partial charge in [0.1, 0.15) is 5.82 Å². The molecule has 0 heterocycles. The maximum absolute atomic E-state index is 12.9. The average molecular weight is 193 g/mol. The summed E-state index contributed by atoms with van der Waals surface area (Å²) in [4.78, 5) is 0. The van der Waals surface area contributed by atoms with Crippen molar-refractivity contribution in [2.75, 3.05) is 0 Å². The monoisotopic (exact) mass is 193 g/mol. The summed E-state index contributed by atoms with van der Waals surface area (Å²) in [6.45, 7) is 8.41. The van der Waals surface area contributed by atoms with E-state index in [9.17, 15) is 4.39 Å². The molecule has 0 fully saturated rings. The first-order valence-corrected chi connectivity index (χ1v) is 5.11. The molecule has 0 saturated heterocycles. The highest BCUT2D eigenvalue weighted by Gasteiger charge is 2.15. The van der Waals surface area contributed by atoms with Gasteiger partial charge in [0.25, 0.3) is 0 Å². The molecule has 1 aromatic carbocycles. The van der Waals surface area contributed by atoms with Gasteiger partial charge in [-0.2, -0.15) is 0 Å². The van der Waals surface area contributed by atoms with Gasteiger partial charge in [0, 0.05) is 0 Å². The summed E-state index contributed by atoms with van der Waals surface area (Å²) in [6.07, 6.45) is 2.19. The highest BCUT2D eigenvalue weighted by atomic mass is 19.1. The molecule has 77 valence electrons. The van der Waals surface area contributed by atoms with Crippen molar-refractivity contribution in [3.05, 3.63) is 41.6 Å². The second-order valence-corrected chi connectivity index (χ2v) is 4.10. The number of rotatable bonds is 3. The maximum atomic E-state index is 12.9. The second kappa shape index (κ2) is 4.59. The van der Waals surface area contributed by atoms with Gasteiger partial charge in [0.05, 0.1) is 0 Å². The van der Waals surface area contributed by atoms with Crippen LogP contribution in [0.5, 0.6) is 0 Å². The molecular formula is C13H18F. The Morgan fingerprint density at radius 3 is 2.36 bits per heavy atom. The van der Waals surface area contributed by atoms with E-state index in [4.69, 9.17) is 0 Å². The molecule has 0 aliphatic carbocycles. The zero-order valence-corrected chi connectivity index (χ0v) is 9.34. The predicted molar refractivity (Wildman–Crippen MR) is 58.7 cm³/mol. The Morgan fingerprint density at radius 1 is 1.29 bits per heavy atom. The Hall–Kier alpha value is -0.850. The first-order valence-electron chi connectivity index (χ1n) is 5.11. The van der Waals surface area contributed by atoms with Crippen LogP contribution in [0.25, 0.3) is 0 Å². The van der Waals surface area contributed by atoms with E-state index < -0.39 is 0 Å². The van der Waals surface area contributed by atoms with E-state index in [2.05, 4.69) is 27.2 Å². The van der Waals surface area contributed by atoms with Gasteiger partial charge in [-0.25, -0.2) is 4.39 Å². The van der Waals surface area contributed by atoms with E-state index in [0.717, 1.165) is 5.56 Å². The summed E-state index contributed by atoms with van der Waals surface area (Å²) in [7, 11) is 0. The van der Waals surface area contributed by atoms with Gasteiger partial charge in [0.15, 0.2) is 0 Å². The van der Waals surface area contributed by atoms with Crippen molar-refractivity contribution in [3.63, 3.8) is 0 Å². The van der Waals surface area contributed by atoms with Crippen LogP contribution in [-0.2, 0) is 0 Å². The highest BCUT2D eigenvalue weighted by Crippen LogP contribution is 2.29. The Labute approximate surface area is 86.2 Å². The van der Waals surface area contributed by atoms with E-state index in [0.29, 0.717) is 11.8 Å². The minimum Gasteiger partial charge on any atom is -0.207 e. The van der Waals surface area contributed by atoms with Gasteiger partial charge in [-0.05, 0) is 48.4 Å². The Kier molecular flexibility index (Phi) is 3.68. The second-order valence-electron chi connectivity index (χ2n) is 4.10. The van der Waals surface area contributed by atoms with E-state index >= 15 is 0 Å². The van der Waals surface area contributed by atoms with Crippen molar-refractivity contribution >= 4 is 0 Å². The molecular weight excluding hydrogens is 175 g/mol. The van der Waals surface area contributed by atoms with Crippen LogP contribution < -0.4 is 0 Å². The topological polar surface area (TPSA) is 0 Å². The lowest BCUT2D eigenvalue weighted by Gasteiger charge is -2.21. The fourth-order valence-corrected chi connectivity index (χ4v) is 1.94. The van der Waals surface area contributed by atoms with Crippen LogP contribution in [0.2, 0.25) is 0 Å². The molecule has 0 aliphatic rings. The molecule has 0 unspecified atom stereocenters. The minimum atomic E-state index is -0.148. The molecule has 0 saturated carbocycles. The first kappa shape index (κ1) is 11.2. The largest absolute Gasteiger partial charge is 0.207 e. The lowest BCUT2D eigenvalue weighted by atomic mass is 9.84. The van der Waals surface area contributed by atoms with E-state index in [-0.39, 0.29) is 5.82 Å². The number of halogens is 1. The summed E-state index contributed by atoms with van der Waals surface area (Å²) in [6, 6.07) is 5.05. The van der Waals surface area contributed by atoms with Crippen molar-refractivity contribution < 1.29 is 4.39 Å². The van der Waals surface area contributed by atoms with Crippen LogP contribution in [0, 0.1) is 25.1 Å². The lowest BCUT2D eigenvalue weighted by Crippen LogP contribution is -2.07. The standard InChI is InChI=1S/C13H18F/c1-5-12(9(2)3)13-7-6-11(14)8-10(13)4/h5-9,12H,1-4H3/t12-/m0/s1. The average Bonchev–Trinajstić information content (AvgIpc) is 2.09. The maximum Gasteiger partial charge on any atom is 0.123 e. The van der Waals surface area contributed by atoms with Gasteiger partial charge in [-0.15, -0.1) is 0 Å². The normalized spacial score (nSPS) is 13.3. The van der Waals surface area contributed by atoms with Crippen molar-refractivity contribution in [2.24, 2.45) is 5.92 Å². The molecule has 1 heteroatoms. The molecule has 0 bridgehead atoms. The van der Waals surface area contributed by atoms with Crippen LogP contribution in [0.1, 0.15) is 37.8 Å². The number of hydrogen-bond donors (Lipinski definition) is 0. The van der Waals surface area contributed by atoms with E-state index in [1.54, 1.807) is 12.1 Å². The summed E-state index contributed by atoms with van der Waals surface area (Å²) in [5, 5.41) is 0. The molecule has 0 N–H and O–H groups in total. The van der Waals surface area contributed by atoms with Crippen molar-refractivity contribution in [1.82, 2.24) is 0 Å². The molecule has 0 amide bonds. The summed E-state index contributed by atoms with van der Waals surface area (Å²) >= 11 is 0. The molecule has 0 spiro atoms. The predicted octanol–water partition coefficient (Wildman–Crippen LogP) is 4.10. The van der Waals surface area contributed by atoms with Crippen molar-refractivity contribution in [3.8, 4) is 0 Å².